The van der Waals surface area contributed by atoms with Crippen molar-refractivity contribution >= 4 is 11.4 Å². The van der Waals surface area contributed by atoms with Gasteiger partial charge in [-0.25, -0.2) is 0 Å². The maximum atomic E-state index is 10.2. The van der Waals surface area contributed by atoms with E-state index in [-0.39, 0.29) is 33.4 Å². The quantitative estimate of drug-likeness (QED) is 0.515. The molecule has 0 fully saturated rings. The molecule has 0 atom stereocenters. The first kappa shape index (κ1) is 25.6. The molecule has 0 aliphatic heterocycles. The minimum Gasteiger partial charge on any atom is -0.693 e. The molecular weight excluding hydrogens is 449 g/mol. The minimum absolute atomic E-state index is 0. The Labute approximate surface area is 120 Å². The third-order valence-electron chi connectivity index (χ3n) is 1.28. The van der Waals surface area contributed by atoms with E-state index in [1.807, 2.05) is 0 Å². The molecule has 1 aromatic rings. The van der Waals surface area contributed by atoms with Crippen molar-refractivity contribution in [2.75, 3.05) is 0 Å². The van der Waals surface area contributed by atoms with E-state index < -0.39 is 26.3 Å². The summed E-state index contributed by atoms with van der Waals surface area (Å²) in [6.45, 7) is 0. The molecule has 0 radical (unpaired) electrons. The summed E-state index contributed by atoms with van der Waals surface area (Å²) in [6.07, 6.45) is 0. The van der Waals surface area contributed by atoms with Gasteiger partial charge in [0.05, 0.1) is 9.85 Å². The fourth-order valence-electron chi connectivity index (χ4n) is 0.773. The molecule has 0 aliphatic carbocycles. The SMILES string of the molecule is O=[N+]([O-])O.O=[N+]([O-])c1ccccc1[N+](=O)[O-].[NH2-].[NH2-].[Pt+2]. The Hall–Kier alpha value is -2.17. The van der Waals surface area contributed by atoms with Gasteiger partial charge in [-0.3, -0.25) is 20.2 Å². The van der Waals surface area contributed by atoms with Gasteiger partial charge in [-0.1, -0.05) is 12.1 Å². The van der Waals surface area contributed by atoms with Crippen LogP contribution in [-0.2, 0) is 21.1 Å². The van der Waals surface area contributed by atoms with Crippen LogP contribution < -0.4 is 0 Å². The van der Waals surface area contributed by atoms with Crippen molar-refractivity contribution < 1.29 is 41.2 Å². The van der Waals surface area contributed by atoms with Crippen LogP contribution in [0.15, 0.2) is 24.3 Å². The Morgan fingerprint density at radius 1 is 0.842 bits per heavy atom. The predicted molar refractivity (Wildman–Crippen MR) is 59.1 cm³/mol. The summed E-state index contributed by atoms with van der Waals surface area (Å²) in [6, 6.07) is 4.95. The molecule has 5 N–H and O–H groups in total. The third-order valence-corrected chi connectivity index (χ3v) is 1.28. The van der Waals surface area contributed by atoms with Gasteiger partial charge in [0.15, 0.2) is 0 Å². The van der Waals surface area contributed by atoms with Crippen LogP contribution in [0.3, 0.4) is 0 Å². The first-order valence-electron chi connectivity index (χ1n) is 3.57. The predicted octanol–water partition coefficient (Wildman–Crippen LogP) is 2.59. The van der Waals surface area contributed by atoms with E-state index in [1.165, 1.54) is 12.1 Å². The molecule has 0 unspecified atom stereocenters. The van der Waals surface area contributed by atoms with Gasteiger partial charge >= 0.3 is 32.4 Å². The molecular formula is C6H9N5O7Pt. The van der Waals surface area contributed by atoms with Crippen LogP contribution in [0.25, 0.3) is 12.3 Å². The number of nitrogens with two attached hydrogens (primary N) is 2. The second-order valence-electron chi connectivity index (χ2n) is 2.24. The minimum atomic E-state index is -1.50. The monoisotopic (exact) mass is 458 g/mol. The fraction of sp³-hybridized carbons (Fsp3) is 0. The van der Waals surface area contributed by atoms with Gasteiger partial charge in [0.1, 0.15) is 0 Å². The van der Waals surface area contributed by atoms with Crippen LogP contribution in [0.4, 0.5) is 11.4 Å². The summed E-state index contributed by atoms with van der Waals surface area (Å²) in [5.74, 6) is 0. The second kappa shape index (κ2) is 12.3. The number of benzene rings is 1. The number of hydrogen-bond acceptors (Lipinski definition) is 6. The molecule has 1 rings (SSSR count). The van der Waals surface area contributed by atoms with Crippen molar-refractivity contribution in [3.05, 3.63) is 66.9 Å². The van der Waals surface area contributed by atoms with E-state index in [0.29, 0.717) is 0 Å². The molecule has 0 heterocycles. The summed E-state index contributed by atoms with van der Waals surface area (Å²) in [4.78, 5) is 27.3. The first-order chi connectivity index (χ1) is 7.36. The zero-order valence-electron chi connectivity index (χ0n) is 9.02. The van der Waals surface area contributed by atoms with E-state index in [9.17, 15) is 20.2 Å². The number of para-hydroxylation sites is 2. The summed E-state index contributed by atoms with van der Waals surface area (Å²) < 4.78 is 0. The van der Waals surface area contributed by atoms with E-state index in [0.717, 1.165) is 12.1 Å². The summed E-state index contributed by atoms with van der Waals surface area (Å²) in [5.41, 5.74) is -0.968. The molecule has 0 saturated heterocycles. The molecule has 0 spiro atoms. The molecule has 0 aliphatic rings. The Bertz CT molecular complexity index is 391. The van der Waals surface area contributed by atoms with Crippen molar-refractivity contribution in [3.8, 4) is 0 Å². The molecule has 0 bridgehead atoms. The zero-order chi connectivity index (χ0) is 12.7. The summed E-state index contributed by atoms with van der Waals surface area (Å²) in [5, 5.41) is 34.1. The van der Waals surface area contributed by atoms with E-state index >= 15 is 0 Å². The Kier molecular flexibility index (Phi) is 16.6. The second-order valence-corrected chi connectivity index (χ2v) is 2.24. The maximum Gasteiger partial charge on any atom is 2.00 e. The van der Waals surface area contributed by atoms with Crippen LogP contribution >= 0.6 is 0 Å². The number of nitro groups is 2. The maximum absolute atomic E-state index is 10.2. The zero-order valence-corrected chi connectivity index (χ0v) is 11.3. The number of nitro benzene ring substituents is 2. The van der Waals surface area contributed by atoms with Crippen molar-refractivity contribution in [3.63, 3.8) is 0 Å². The van der Waals surface area contributed by atoms with E-state index in [1.54, 1.807) is 0 Å². The van der Waals surface area contributed by atoms with Crippen molar-refractivity contribution in [2.24, 2.45) is 0 Å². The first-order valence-corrected chi connectivity index (χ1v) is 3.57. The average molecular weight is 458 g/mol. The molecule has 1 aromatic carbocycles. The standard InChI is InChI=1S/C6H4N2O4.HNO3.2H2N.Pt/c9-7(10)5-3-1-2-4-6(5)8(11)12;2-1(3)4;;;/h1-4H;(H,2,3,4);2*1H2;/q;;2*-1;+2. The van der Waals surface area contributed by atoms with Gasteiger partial charge in [-0.05, 0) is 0 Å². The van der Waals surface area contributed by atoms with E-state index in [4.69, 9.17) is 15.3 Å². The molecule has 19 heavy (non-hydrogen) atoms. The van der Waals surface area contributed by atoms with Crippen molar-refractivity contribution in [2.45, 2.75) is 0 Å². The van der Waals surface area contributed by atoms with Crippen LogP contribution in [-0.4, -0.2) is 20.1 Å². The third kappa shape index (κ3) is 10.7. The molecule has 0 amide bonds. The largest absolute Gasteiger partial charge is 2.00 e. The summed E-state index contributed by atoms with van der Waals surface area (Å²) >= 11 is 0. The average Bonchev–Trinajstić information content (AvgIpc) is 2.16. The Morgan fingerprint density at radius 3 is 1.21 bits per heavy atom. The van der Waals surface area contributed by atoms with Crippen LogP contribution in [0.1, 0.15) is 0 Å². The topological polar surface area (TPSA) is 217 Å². The van der Waals surface area contributed by atoms with Gasteiger partial charge in [-0.2, -0.15) is 0 Å². The van der Waals surface area contributed by atoms with Crippen LogP contribution in [0.2, 0.25) is 0 Å². The number of hydrogen-bond donors (Lipinski definition) is 1. The Balaban J connectivity index is -0.000000144. The van der Waals surface area contributed by atoms with Crippen molar-refractivity contribution in [1.29, 1.82) is 0 Å². The molecule has 12 nitrogen and oxygen atoms in total. The van der Waals surface area contributed by atoms with Crippen LogP contribution in [0.5, 0.6) is 0 Å². The number of rotatable bonds is 2. The molecule has 110 valence electrons. The normalized spacial score (nSPS) is 7.16. The van der Waals surface area contributed by atoms with Gasteiger partial charge in [0.2, 0.25) is 0 Å². The number of nitrogens with zero attached hydrogens (tertiary/aromatic N) is 3. The van der Waals surface area contributed by atoms with Gasteiger partial charge in [0.25, 0.3) is 5.09 Å². The van der Waals surface area contributed by atoms with E-state index in [2.05, 4.69) is 0 Å². The molecule has 13 heteroatoms. The van der Waals surface area contributed by atoms with Gasteiger partial charge in [0, 0.05) is 12.1 Å². The molecule has 0 saturated carbocycles. The van der Waals surface area contributed by atoms with Gasteiger partial charge < -0.3 is 17.5 Å². The smallest absolute Gasteiger partial charge is 0.693 e. The summed E-state index contributed by atoms with van der Waals surface area (Å²) in [7, 11) is 0. The molecule has 0 aromatic heterocycles. The van der Waals surface area contributed by atoms with Crippen LogP contribution in [0, 0.1) is 30.3 Å². The fourth-order valence-corrected chi connectivity index (χ4v) is 0.773. The Morgan fingerprint density at radius 2 is 1.05 bits per heavy atom. The van der Waals surface area contributed by atoms with Gasteiger partial charge in [-0.15, -0.1) is 10.1 Å². The van der Waals surface area contributed by atoms with Crippen molar-refractivity contribution in [1.82, 2.24) is 0 Å².